The number of nitrogens with zero attached hydrogens (tertiary/aromatic N) is 2. The first kappa shape index (κ1) is 15.6. The Labute approximate surface area is 121 Å². The fourth-order valence-electron chi connectivity index (χ4n) is 2.20. The Balaban J connectivity index is 1.76. The molecule has 1 unspecified atom stereocenters. The summed E-state index contributed by atoms with van der Waals surface area (Å²) in [4.78, 5) is 0. The second kappa shape index (κ2) is 6.76. The molecule has 19 heavy (non-hydrogen) atoms. The maximum atomic E-state index is 12.4. The summed E-state index contributed by atoms with van der Waals surface area (Å²) in [6.45, 7) is 4.88. The van der Waals surface area contributed by atoms with Crippen molar-refractivity contribution in [2.24, 2.45) is 0 Å². The zero-order chi connectivity index (χ0) is 13.9. The van der Waals surface area contributed by atoms with E-state index in [1.54, 1.807) is 11.4 Å². The van der Waals surface area contributed by atoms with E-state index in [-0.39, 0.29) is 0 Å². The molecular weight excluding hydrogens is 282 g/mol. The molecule has 2 rings (SSSR count). The van der Waals surface area contributed by atoms with Crippen LogP contribution >= 0.6 is 11.8 Å². The van der Waals surface area contributed by atoms with Gasteiger partial charge in [-0.15, -0.1) is 0 Å². The molecule has 0 aromatic heterocycles. The minimum absolute atomic E-state index is 0.397. The predicted molar refractivity (Wildman–Crippen MR) is 80.7 cm³/mol. The van der Waals surface area contributed by atoms with Gasteiger partial charge in [-0.25, -0.2) is 0 Å². The van der Waals surface area contributed by atoms with Gasteiger partial charge in [0.15, 0.2) is 0 Å². The molecule has 5 nitrogen and oxygen atoms in total. The maximum absolute atomic E-state index is 12.4. The highest BCUT2D eigenvalue weighted by Gasteiger charge is 2.30. The van der Waals surface area contributed by atoms with E-state index in [1.807, 2.05) is 11.8 Å². The summed E-state index contributed by atoms with van der Waals surface area (Å²) in [5, 5.41) is 3.81. The number of rotatable bonds is 7. The Bertz CT molecular complexity index is 384. The first-order valence-electron chi connectivity index (χ1n) is 7.06. The third kappa shape index (κ3) is 4.60. The first-order valence-corrected chi connectivity index (χ1v) is 9.51. The van der Waals surface area contributed by atoms with Crippen molar-refractivity contribution >= 4 is 22.0 Å². The van der Waals surface area contributed by atoms with Crippen molar-refractivity contribution in [1.29, 1.82) is 0 Å². The Hall–Kier alpha value is 0.180. The van der Waals surface area contributed by atoms with Gasteiger partial charge in [-0.3, -0.25) is 0 Å². The van der Waals surface area contributed by atoms with Crippen molar-refractivity contribution in [1.82, 2.24) is 13.9 Å². The summed E-state index contributed by atoms with van der Waals surface area (Å²) < 4.78 is 27.9. The fraction of sp³-hybridized carbons (Fsp3) is 1.00. The minimum atomic E-state index is -3.25. The molecule has 7 heteroatoms. The van der Waals surface area contributed by atoms with Crippen molar-refractivity contribution < 1.29 is 8.42 Å². The molecule has 1 N–H and O–H groups in total. The van der Waals surface area contributed by atoms with E-state index in [0.717, 1.165) is 18.7 Å². The summed E-state index contributed by atoms with van der Waals surface area (Å²) in [7, 11) is -1.56. The van der Waals surface area contributed by atoms with E-state index in [4.69, 9.17) is 0 Å². The van der Waals surface area contributed by atoms with Crippen molar-refractivity contribution in [3.8, 4) is 0 Å². The molecule has 1 atom stereocenters. The summed E-state index contributed by atoms with van der Waals surface area (Å²) in [6, 6.07) is 0.696. The lowest BCUT2D eigenvalue weighted by molar-refractivity contribution is 0.362. The van der Waals surface area contributed by atoms with E-state index >= 15 is 0 Å². The van der Waals surface area contributed by atoms with Crippen LogP contribution in [0.1, 0.15) is 26.2 Å². The van der Waals surface area contributed by atoms with Crippen molar-refractivity contribution in [3.05, 3.63) is 0 Å². The molecule has 2 fully saturated rings. The van der Waals surface area contributed by atoms with Crippen LogP contribution in [0, 0.1) is 0 Å². The average Bonchev–Trinajstić information content (AvgIpc) is 3.18. The fourth-order valence-corrected chi connectivity index (χ4v) is 4.92. The quantitative estimate of drug-likeness (QED) is 0.705. The van der Waals surface area contributed by atoms with Gasteiger partial charge in [-0.2, -0.15) is 28.8 Å². The van der Waals surface area contributed by atoms with Gasteiger partial charge < -0.3 is 5.32 Å². The molecule has 0 aromatic carbocycles. The molecule has 1 aliphatic heterocycles. The second-order valence-electron chi connectivity index (χ2n) is 5.45. The van der Waals surface area contributed by atoms with Gasteiger partial charge in [0.05, 0.1) is 0 Å². The zero-order valence-corrected chi connectivity index (χ0v) is 13.5. The molecule has 0 spiro atoms. The molecule has 112 valence electrons. The monoisotopic (exact) mass is 307 g/mol. The molecule has 0 aromatic rings. The van der Waals surface area contributed by atoms with E-state index in [0.29, 0.717) is 30.9 Å². The first-order chi connectivity index (χ1) is 9.00. The van der Waals surface area contributed by atoms with E-state index in [1.165, 1.54) is 17.1 Å². The highest BCUT2D eigenvalue weighted by Crippen LogP contribution is 2.21. The van der Waals surface area contributed by atoms with Crippen LogP contribution in [0.3, 0.4) is 0 Å². The number of thioether (sulfide) groups is 1. The predicted octanol–water partition coefficient (Wildman–Crippen LogP) is 0.742. The van der Waals surface area contributed by atoms with Crippen LogP contribution in [0.5, 0.6) is 0 Å². The minimum Gasteiger partial charge on any atom is -0.314 e. The summed E-state index contributed by atoms with van der Waals surface area (Å²) in [6.07, 6.45) is 3.43. The molecule has 0 amide bonds. The van der Waals surface area contributed by atoms with Crippen LogP contribution in [-0.2, 0) is 10.2 Å². The number of nitrogens with one attached hydrogen (secondary N) is 1. The van der Waals surface area contributed by atoms with Gasteiger partial charge >= 0.3 is 0 Å². The van der Waals surface area contributed by atoms with Crippen molar-refractivity contribution in [2.45, 2.75) is 37.5 Å². The smallest absolute Gasteiger partial charge is 0.281 e. The van der Waals surface area contributed by atoms with Crippen LogP contribution in [0.15, 0.2) is 0 Å². The lowest BCUT2D eigenvalue weighted by Gasteiger charge is -2.32. The SMILES string of the molecule is CC1CN(S(=O)(=O)N(C)CCCNC2CC2)CCS1. The average molecular weight is 307 g/mol. The van der Waals surface area contributed by atoms with E-state index in [2.05, 4.69) is 12.2 Å². The molecule has 0 radical (unpaired) electrons. The standard InChI is InChI=1S/C12H25N3O2S2/c1-11-10-15(8-9-18-11)19(16,17)14(2)7-3-6-13-12-4-5-12/h11-13H,3-10H2,1-2H3. The third-order valence-corrected chi connectivity index (χ3v) is 6.68. The Morgan fingerprint density at radius 2 is 2.16 bits per heavy atom. The van der Waals surface area contributed by atoms with Crippen LogP contribution in [0.2, 0.25) is 0 Å². The Morgan fingerprint density at radius 3 is 2.79 bits per heavy atom. The van der Waals surface area contributed by atoms with E-state index < -0.39 is 10.2 Å². The van der Waals surface area contributed by atoms with Crippen molar-refractivity contribution in [3.63, 3.8) is 0 Å². The molecule has 0 bridgehead atoms. The normalized spacial score (nSPS) is 25.9. The van der Waals surface area contributed by atoms with Gasteiger partial charge in [-0.1, -0.05) is 6.92 Å². The second-order valence-corrected chi connectivity index (χ2v) is 9.03. The molecular formula is C12H25N3O2S2. The molecule has 1 heterocycles. The number of hydrogen-bond donors (Lipinski definition) is 1. The maximum Gasteiger partial charge on any atom is 0.281 e. The van der Waals surface area contributed by atoms with Crippen molar-refractivity contribution in [2.75, 3.05) is 39.0 Å². The van der Waals surface area contributed by atoms with Gasteiger partial charge in [-0.05, 0) is 25.8 Å². The summed E-state index contributed by atoms with van der Waals surface area (Å²) >= 11 is 1.85. The number of hydrogen-bond acceptors (Lipinski definition) is 4. The van der Waals surface area contributed by atoms with Gasteiger partial charge in [0.1, 0.15) is 0 Å². The summed E-state index contributed by atoms with van der Waals surface area (Å²) in [5.74, 6) is 0.900. The molecule has 2 aliphatic rings. The molecule has 1 aliphatic carbocycles. The Kier molecular flexibility index (Phi) is 5.54. The largest absolute Gasteiger partial charge is 0.314 e. The highest BCUT2D eigenvalue weighted by molar-refractivity contribution is 8.00. The van der Waals surface area contributed by atoms with Crippen LogP contribution in [-0.4, -0.2) is 67.3 Å². The molecule has 1 saturated carbocycles. The van der Waals surface area contributed by atoms with Crippen LogP contribution in [0.25, 0.3) is 0 Å². The van der Waals surface area contributed by atoms with Gasteiger partial charge in [0.2, 0.25) is 0 Å². The zero-order valence-electron chi connectivity index (χ0n) is 11.8. The van der Waals surface area contributed by atoms with Gasteiger partial charge in [0, 0.05) is 43.7 Å². The van der Waals surface area contributed by atoms with Crippen LogP contribution in [0.4, 0.5) is 0 Å². The topological polar surface area (TPSA) is 52.7 Å². The van der Waals surface area contributed by atoms with Crippen LogP contribution < -0.4 is 5.32 Å². The lowest BCUT2D eigenvalue weighted by Crippen LogP contribution is -2.47. The Morgan fingerprint density at radius 1 is 1.42 bits per heavy atom. The highest BCUT2D eigenvalue weighted by atomic mass is 32.2. The van der Waals surface area contributed by atoms with E-state index in [9.17, 15) is 8.42 Å². The van der Waals surface area contributed by atoms with Gasteiger partial charge in [0.25, 0.3) is 10.2 Å². The third-order valence-electron chi connectivity index (χ3n) is 3.58. The lowest BCUT2D eigenvalue weighted by atomic mass is 10.4. The summed E-state index contributed by atoms with van der Waals surface area (Å²) in [5.41, 5.74) is 0. The molecule has 1 saturated heterocycles.